The summed E-state index contributed by atoms with van der Waals surface area (Å²) in [5, 5.41) is 3.15. The van der Waals surface area contributed by atoms with Gasteiger partial charge in [0.1, 0.15) is 0 Å². The summed E-state index contributed by atoms with van der Waals surface area (Å²) in [6, 6.07) is 4.17. The zero-order chi connectivity index (χ0) is 12.4. The van der Waals surface area contributed by atoms with E-state index in [-0.39, 0.29) is 5.91 Å². The minimum Gasteiger partial charge on any atom is -0.349 e. The number of nitrogens with zero attached hydrogens (tertiary/aromatic N) is 1. The second-order valence-corrected chi connectivity index (χ2v) is 5.55. The van der Waals surface area contributed by atoms with Crippen LogP contribution in [0, 0.1) is 0 Å². The number of rotatable bonds is 3. The van der Waals surface area contributed by atoms with E-state index in [1.54, 1.807) is 6.20 Å². The molecule has 0 aromatic carbocycles. The molecule has 0 atom stereocenters. The van der Waals surface area contributed by atoms with Crippen molar-refractivity contribution in [1.82, 2.24) is 10.3 Å². The summed E-state index contributed by atoms with van der Waals surface area (Å²) < 4.78 is 0. The molecule has 3 nitrogen and oxygen atoms in total. The second-order valence-electron chi connectivity index (χ2n) is 5.55. The summed E-state index contributed by atoms with van der Waals surface area (Å²) in [6.45, 7) is 0. The van der Waals surface area contributed by atoms with E-state index in [9.17, 15) is 4.79 Å². The van der Waals surface area contributed by atoms with Gasteiger partial charge in [-0.1, -0.05) is 19.3 Å². The Labute approximate surface area is 108 Å². The first-order valence-electron chi connectivity index (χ1n) is 7.10. The molecule has 2 fully saturated rings. The number of carbonyl (C=O) groups is 1. The van der Waals surface area contributed by atoms with Gasteiger partial charge in [-0.05, 0) is 37.8 Å². The minimum absolute atomic E-state index is 0.0752. The van der Waals surface area contributed by atoms with Gasteiger partial charge >= 0.3 is 0 Å². The lowest BCUT2D eigenvalue weighted by Gasteiger charge is -2.22. The summed E-state index contributed by atoms with van der Waals surface area (Å²) in [5.74, 6) is 0.679. The van der Waals surface area contributed by atoms with Crippen LogP contribution in [0.25, 0.3) is 0 Å². The van der Waals surface area contributed by atoms with Crippen molar-refractivity contribution in [3.8, 4) is 0 Å². The first kappa shape index (κ1) is 11.7. The van der Waals surface area contributed by atoms with Crippen LogP contribution in [0.1, 0.15) is 66.9 Å². The van der Waals surface area contributed by atoms with Crippen molar-refractivity contribution < 1.29 is 4.79 Å². The molecule has 2 aliphatic carbocycles. The van der Waals surface area contributed by atoms with Gasteiger partial charge in [0.15, 0.2) is 0 Å². The zero-order valence-electron chi connectivity index (χ0n) is 10.7. The summed E-state index contributed by atoms with van der Waals surface area (Å²) >= 11 is 0. The first-order valence-corrected chi connectivity index (χ1v) is 7.10. The summed E-state index contributed by atoms with van der Waals surface area (Å²) in [4.78, 5) is 16.5. The highest BCUT2D eigenvalue weighted by Crippen LogP contribution is 2.38. The predicted octanol–water partition coefficient (Wildman–Crippen LogP) is 3.02. The van der Waals surface area contributed by atoms with Gasteiger partial charge < -0.3 is 5.32 Å². The van der Waals surface area contributed by atoms with Gasteiger partial charge in [-0.25, -0.2) is 0 Å². The molecule has 1 aromatic rings. The Morgan fingerprint density at radius 1 is 1.17 bits per heavy atom. The SMILES string of the molecule is O=C(NC1CCCCC1)c1ccnc(C2CC2)c1. The molecular weight excluding hydrogens is 224 g/mol. The normalized spacial score (nSPS) is 20.7. The quantitative estimate of drug-likeness (QED) is 0.888. The van der Waals surface area contributed by atoms with E-state index in [4.69, 9.17) is 0 Å². The highest BCUT2D eigenvalue weighted by atomic mass is 16.1. The standard InChI is InChI=1S/C15H20N2O/c18-15(17-13-4-2-1-3-5-13)12-8-9-16-14(10-12)11-6-7-11/h8-11,13H,1-7H2,(H,17,18). The highest BCUT2D eigenvalue weighted by Gasteiger charge is 2.25. The first-order chi connectivity index (χ1) is 8.83. The van der Waals surface area contributed by atoms with Gasteiger partial charge in [0.25, 0.3) is 5.91 Å². The Balaban J connectivity index is 1.65. The number of aromatic nitrogens is 1. The van der Waals surface area contributed by atoms with Crippen LogP contribution in [0.15, 0.2) is 18.3 Å². The van der Waals surface area contributed by atoms with Crippen molar-refractivity contribution in [2.45, 2.75) is 56.9 Å². The molecule has 96 valence electrons. The Bertz CT molecular complexity index is 434. The fourth-order valence-electron chi connectivity index (χ4n) is 2.71. The maximum atomic E-state index is 12.2. The molecule has 0 saturated heterocycles. The fourth-order valence-corrected chi connectivity index (χ4v) is 2.71. The van der Waals surface area contributed by atoms with E-state index in [1.165, 1.54) is 32.1 Å². The summed E-state index contributed by atoms with van der Waals surface area (Å²) in [6.07, 6.45) is 10.3. The van der Waals surface area contributed by atoms with Crippen LogP contribution in [0.2, 0.25) is 0 Å². The number of pyridine rings is 1. The fraction of sp³-hybridized carbons (Fsp3) is 0.600. The van der Waals surface area contributed by atoms with E-state index in [0.717, 1.165) is 24.1 Å². The molecule has 0 unspecified atom stereocenters. The molecule has 1 N–H and O–H groups in total. The number of hydrogen-bond donors (Lipinski definition) is 1. The Morgan fingerprint density at radius 2 is 1.94 bits per heavy atom. The lowest BCUT2D eigenvalue weighted by Crippen LogP contribution is -2.36. The average Bonchev–Trinajstić information content (AvgIpc) is 3.24. The Morgan fingerprint density at radius 3 is 2.67 bits per heavy atom. The zero-order valence-corrected chi connectivity index (χ0v) is 10.7. The van der Waals surface area contributed by atoms with Crippen LogP contribution in [-0.2, 0) is 0 Å². The second kappa shape index (κ2) is 5.09. The Hall–Kier alpha value is -1.38. The number of amides is 1. The van der Waals surface area contributed by atoms with Crippen LogP contribution >= 0.6 is 0 Å². The van der Waals surface area contributed by atoms with Gasteiger partial charge in [0.05, 0.1) is 0 Å². The van der Waals surface area contributed by atoms with Crippen molar-refractivity contribution in [3.63, 3.8) is 0 Å². The van der Waals surface area contributed by atoms with Crippen molar-refractivity contribution >= 4 is 5.91 Å². The van der Waals surface area contributed by atoms with Crippen molar-refractivity contribution in [3.05, 3.63) is 29.6 Å². The third-order valence-corrected chi connectivity index (χ3v) is 3.98. The molecule has 1 amide bonds. The number of nitrogens with one attached hydrogen (secondary N) is 1. The molecule has 3 rings (SSSR count). The van der Waals surface area contributed by atoms with E-state index >= 15 is 0 Å². The van der Waals surface area contributed by atoms with E-state index in [1.807, 2.05) is 12.1 Å². The van der Waals surface area contributed by atoms with Crippen molar-refractivity contribution in [1.29, 1.82) is 0 Å². The summed E-state index contributed by atoms with van der Waals surface area (Å²) in [5.41, 5.74) is 1.86. The van der Waals surface area contributed by atoms with Gasteiger partial charge in [0.2, 0.25) is 0 Å². The van der Waals surface area contributed by atoms with Crippen LogP contribution in [0.5, 0.6) is 0 Å². The van der Waals surface area contributed by atoms with Crippen molar-refractivity contribution in [2.24, 2.45) is 0 Å². The molecule has 2 aliphatic rings. The van der Waals surface area contributed by atoms with E-state index in [2.05, 4.69) is 10.3 Å². The molecule has 0 radical (unpaired) electrons. The molecule has 1 heterocycles. The third-order valence-electron chi connectivity index (χ3n) is 3.98. The van der Waals surface area contributed by atoms with Crippen LogP contribution < -0.4 is 5.32 Å². The molecular formula is C15H20N2O. The van der Waals surface area contributed by atoms with E-state index in [0.29, 0.717) is 12.0 Å². The maximum absolute atomic E-state index is 12.2. The predicted molar refractivity (Wildman–Crippen MR) is 70.6 cm³/mol. The molecule has 3 heteroatoms. The molecule has 0 bridgehead atoms. The molecule has 2 saturated carbocycles. The monoisotopic (exact) mass is 244 g/mol. The molecule has 18 heavy (non-hydrogen) atoms. The molecule has 0 aliphatic heterocycles. The van der Waals surface area contributed by atoms with Gasteiger partial charge in [0, 0.05) is 29.4 Å². The topological polar surface area (TPSA) is 42.0 Å². The Kier molecular flexibility index (Phi) is 3.31. The van der Waals surface area contributed by atoms with Crippen LogP contribution in [0.3, 0.4) is 0 Å². The smallest absolute Gasteiger partial charge is 0.251 e. The van der Waals surface area contributed by atoms with Gasteiger partial charge in [-0.2, -0.15) is 0 Å². The van der Waals surface area contributed by atoms with Crippen LogP contribution in [-0.4, -0.2) is 16.9 Å². The minimum atomic E-state index is 0.0752. The lowest BCUT2D eigenvalue weighted by molar-refractivity contribution is 0.0927. The van der Waals surface area contributed by atoms with Gasteiger partial charge in [-0.3, -0.25) is 9.78 Å². The van der Waals surface area contributed by atoms with E-state index < -0.39 is 0 Å². The average molecular weight is 244 g/mol. The van der Waals surface area contributed by atoms with Gasteiger partial charge in [-0.15, -0.1) is 0 Å². The number of hydrogen-bond acceptors (Lipinski definition) is 2. The summed E-state index contributed by atoms with van der Waals surface area (Å²) in [7, 11) is 0. The lowest BCUT2D eigenvalue weighted by atomic mass is 9.95. The molecule has 1 aromatic heterocycles. The number of carbonyl (C=O) groups excluding carboxylic acids is 1. The largest absolute Gasteiger partial charge is 0.349 e. The maximum Gasteiger partial charge on any atom is 0.251 e. The van der Waals surface area contributed by atoms with Crippen molar-refractivity contribution in [2.75, 3.05) is 0 Å². The van der Waals surface area contributed by atoms with Crippen LogP contribution in [0.4, 0.5) is 0 Å². The highest BCUT2D eigenvalue weighted by molar-refractivity contribution is 5.94. The third kappa shape index (κ3) is 2.71. The molecule has 0 spiro atoms.